The van der Waals surface area contributed by atoms with Gasteiger partial charge in [-0.05, 0) is 135 Å². The minimum atomic E-state index is 1.22. The Hall–Kier alpha value is -6.50. The Balaban J connectivity index is 1.06. The maximum atomic E-state index is 2.36. The van der Waals surface area contributed by atoms with Crippen LogP contribution in [0, 0.1) is 0 Å². The van der Waals surface area contributed by atoms with Crippen molar-refractivity contribution in [3.8, 4) is 44.5 Å². The summed E-state index contributed by atoms with van der Waals surface area (Å²) in [4.78, 5) is 0. The van der Waals surface area contributed by atoms with Gasteiger partial charge in [0, 0.05) is 0 Å². The largest absolute Gasteiger partial charge is 0.0622 e. The van der Waals surface area contributed by atoms with Crippen LogP contribution in [0.25, 0.3) is 98.4 Å². The van der Waals surface area contributed by atoms with Crippen molar-refractivity contribution in [2.75, 3.05) is 0 Å². The number of hydrogen-bond donors (Lipinski definition) is 0. The van der Waals surface area contributed by atoms with Crippen LogP contribution in [0.1, 0.15) is 0 Å². The lowest BCUT2D eigenvalue weighted by molar-refractivity contribution is 1.62. The number of hydrogen-bond acceptors (Lipinski definition) is 0. The summed E-state index contributed by atoms with van der Waals surface area (Å²) in [5, 5.41) is 12.7. The maximum Gasteiger partial charge on any atom is -0.00988 e. The van der Waals surface area contributed by atoms with Gasteiger partial charge < -0.3 is 0 Å². The molecule has 0 saturated heterocycles. The van der Waals surface area contributed by atoms with Gasteiger partial charge in [0.05, 0.1) is 0 Å². The third-order valence-electron chi connectivity index (χ3n) is 10.4. The smallest absolute Gasteiger partial charge is 0.00988 e. The summed E-state index contributed by atoms with van der Waals surface area (Å²) < 4.78 is 0. The van der Waals surface area contributed by atoms with E-state index in [2.05, 4.69) is 194 Å². The molecule has 0 aliphatic heterocycles. The highest BCUT2D eigenvalue weighted by Crippen LogP contribution is 2.40. The molecule has 0 unspecified atom stereocenters. The van der Waals surface area contributed by atoms with Crippen LogP contribution in [0.5, 0.6) is 0 Å². The lowest BCUT2D eigenvalue weighted by atomic mass is 9.89. The summed E-state index contributed by atoms with van der Waals surface area (Å²) in [7, 11) is 0. The van der Waals surface area contributed by atoms with Gasteiger partial charge in [-0.1, -0.05) is 158 Å². The summed E-state index contributed by atoms with van der Waals surface area (Å²) in [6.07, 6.45) is 0. The van der Waals surface area contributed by atoms with Gasteiger partial charge in [-0.25, -0.2) is 0 Å². The first kappa shape index (κ1) is 28.5. The predicted molar refractivity (Wildman–Crippen MR) is 216 cm³/mol. The zero-order valence-electron chi connectivity index (χ0n) is 27.5. The van der Waals surface area contributed by atoms with Gasteiger partial charge in [-0.2, -0.15) is 0 Å². The Morgan fingerprint density at radius 3 is 1.36 bits per heavy atom. The number of fused-ring (bicyclic) bond motifs is 7. The Kier molecular flexibility index (Phi) is 6.60. The second kappa shape index (κ2) is 11.6. The second-order valence-corrected chi connectivity index (χ2v) is 13.3. The molecule has 0 aliphatic rings. The molecule has 10 aromatic carbocycles. The molecule has 0 aromatic heterocycles. The van der Waals surface area contributed by atoms with Gasteiger partial charge in [-0.3, -0.25) is 0 Å². The molecule has 10 aromatic rings. The first-order chi connectivity index (χ1) is 24.8. The molecule has 0 heterocycles. The summed E-state index contributed by atoms with van der Waals surface area (Å²) in [5.74, 6) is 0. The van der Waals surface area contributed by atoms with Crippen LogP contribution in [0.2, 0.25) is 0 Å². The first-order valence-electron chi connectivity index (χ1n) is 17.3. The van der Waals surface area contributed by atoms with E-state index in [4.69, 9.17) is 0 Å². The summed E-state index contributed by atoms with van der Waals surface area (Å²) >= 11 is 0. The van der Waals surface area contributed by atoms with Crippen molar-refractivity contribution in [3.05, 3.63) is 194 Å². The summed E-state index contributed by atoms with van der Waals surface area (Å²) in [6, 6.07) is 71.4. The maximum absolute atomic E-state index is 2.36. The molecule has 50 heavy (non-hydrogen) atoms. The van der Waals surface area contributed by atoms with Crippen molar-refractivity contribution in [1.29, 1.82) is 0 Å². The summed E-state index contributed by atoms with van der Waals surface area (Å²) in [5.41, 5.74) is 9.93. The van der Waals surface area contributed by atoms with E-state index in [0.29, 0.717) is 0 Å². The lowest BCUT2D eigenvalue weighted by Crippen LogP contribution is -1.88. The molecule has 0 saturated carbocycles. The van der Waals surface area contributed by atoms with Crippen LogP contribution in [0.3, 0.4) is 0 Å². The van der Waals surface area contributed by atoms with Gasteiger partial charge in [0.25, 0.3) is 0 Å². The highest BCUT2D eigenvalue weighted by atomic mass is 14.2. The molecule has 10 rings (SSSR count). The molecule has 0 fully saturated rings. The highest BCUT2D eigenvalue weighted by molar-refractivity contribution is 6.14. The van der Waals surface area contributed by atoms with Gasteiger partial charge in [0.15, 0.2) is 0 Å². The lowest BCUT2D eigenvalue weighted by Gasteiger charge is -2.14. The van der Waals surface area contributed by atoms with Crippen molar-refractivity contribution < 1.29 is 0 Å². The second-order valence-electron chi connectivity index (χ2n) is 13.3. The van der Waals surface area contributed by atoms with Crippen LogP contribution in [-0.4, -0.2) is 0 Å². The van der Waals surface area contributed by atoms with E-state index in [1.165, 1.54) is 98.4 Å². The summed E-state index contributed by atoms with van der Waals surface area (Å²) in [6.45, 7) is 0. The normalized spacial score (nSPS) is 11.6. The van der Waals surface area contributed by atoms with E-state index >= 15 is 0 Å². The molecule has 0 bridgehead atoms. The Labute approximate surface area is 291 Å². The van der Waals surface area contributed by atoms with E-state index < -0.39 is 0 Å². The first-order valence-corrected chi connectivity index (χ1v) is 17.3. The van der Waals surface area contributed by atoms with Gasteiger partial charge in [-0.15, -0.1) is 0 Å². The monoisotopic (exact) mass is 632 g/mol. The fourth-order valence-corrected chi connectivity index (χ4v) is 7.91. The van der Waals surface area contributed by atoms with Gasteiger partial charge >= 0.3 is 0 Å². The minimum Gasteiger partial charge on any atom is -0.0622 e. The molecule has 0 radical (unpaired) electrons. The molecular formula is C50H32. The van der Waals surface area contributed by atoms with E-state index in [-0.39, 0.29) is 0 Å². The van der Waals surface area contributed by atoms with Crippen molar-refractivity contribution in [2.24, 2.45) is 0 Å². The predicted octanol–water partition coefficient (Wildman–Crippen LogP) is 14.1. The molecule has 0 N–H and O–H groups in total. The third kappa shape index (κ3) is 4.77. The van der Waals surface area contributed by atoms with Crippen LogP contribution in [0.15, 0.2) is 194 Å². The molecule has 0 spiro atoms. The minimum absolute atomic E-state index is 1.22. The van der Waals surface area contributed by atoms with Crippen LogP contribution >= 0.6 is 0 Å². The Bertz CT molecular complexity index is 2910. The number of benzene rings is 10. The Morgan fingerprint density at radius 1 is 0.180 bits per heavy atom. The zero-order valence-corrected chi connectivity index (χ0v) is 27.5. The van der Waals surface area contributed by atoms with Crippen LogP contribution in [-0.2, 0) is 0 Å². The standard InChI is InChI=1S/C50H32/c1-2-11-33(12-3-1)48-30-35-13-4-5-14-36(35)31-50(48)42-24-26-45-41(29-42)22-21-40-28-37(23-25-44(40)45)34-16-10-17-38(27-34)49-32-39-15-6-7-18-43(39)46-19-8-9-20-47(46)49/h1-32H. The van der Waals surface area contributed by atoms with Crippen molar-refractivity contribution in [3.63, 3.8) is 0 Å². The average molecular weight is 633 g/mol. The fraction of sp³-hybridized carbons (Fsp3) is 0. The molecule has 0 aliphatic carbocycles. The Morgan fingerprint density at radius 2 is 0.620 bits per heavy atom. The molecular weight excluding hydrogens is 601 g/mol. The molecule has 0 nitrogen and oxygen atoms in total. The quantitative estimate of drug-likeness (QED) is 0.169. The third-order valence-corrected chi connectivity index (χ3v) is 10.4. The molecule has 232 valence electrons. The molecule has 0 amide bonds. The van der Waals surface area contributed by atoms with E-state index in [1.807, 2.05) is 0 Å². The molecule has 0 atom stereocenters. The fourth-order valence-electron chi connectivity index (χ4n) is 7.91. The molecule has 0 heteroatoms. The van der Waals surface area contributed by atoms with Gasteiger partial charge in [0.2, 0.25) is 0 Å². The van der Waals surface area contributed by atoms with E-state index in [1.54, 1.807) is 0 Å². The van der Waals surface area contributed by atoms with Crippen LogP contribution < -0.4 is 0 Å². The van der Waals surface area contributed by atoms with Crippen molar-refractivity contribution in [2.45, 2.75) is 0 Å². The van der Waals surface area contributed by atoms with E-state index in [0.717, 1.165) is 0 Å². The highest BCUT2D eigenvalue weighted by Gasteiger charge is 2.13. The van der Waals surface area contributed by atoms with Crippen molar-refractivity contribution >= 4 is 53.9 Å². The average Bonchev–Trinajstić information content (AvgIpc) is 3.20. The topological polar surface area (TPSA) is 0 Å². The van der Waals surface area contributed by atoms with Crippen LogP contribution in [0.4, 0.5) is 0 Å². The SMILES string of the molecule is c1ccc(-c2cc3ccccc3cc2-c2ccc3c(ccc4cc(-c5cccc(-c6cc7ccccc7c7ccccc67)c5)ccc43)c2)cc1. The van der Waals surface area contributed by atoms with Gasteiger partial charge in [0.1, 0.15) is 0 Å². The zero-order chi connectivity index (χ0) is 33.0. The van der Waals surface area contributed by atoms with Crippen molar-refractivity contribution in [1.82, 2.24) is 0 Å². The number of rotatable bonds is 4. The van der Waals surface area contributed by atoms with E-state index in [9.17, 15) is 0 Å².